The highest BCUT2D eigenvalue weighted by Gasteiger charge is 2.22. The minimum atomic E-state index is 0.311. The van der Waals surface area contributed by atoms with E-state index in [9.17, 15) is 4.79 Å². The Hall–Kier alpha value is -0.370. The van der Waals surface area contributed by atoms with Crippen LogP contribution in [0.2, 0.25) is 0 Å². The molecule has 2 heteroatoms. The SMILES string of the molecule is CC(=O)CCN1CCC(C)C(C)C1. The van der Waals surface area contributed by atoms with Gasteiger partial charge in [-0.15, -0.1) is 0 Å². The molecular weight excluding hydrogens is 162 g/mol. The molecule has 2 nitrogen and oxygen atoms in total. The Labute approximate surface area is 81.3 Å². The van der Waals surface area contributed by atoms with Gasteiger partial charge >= 0.3 is 0 Å². The summed E-state index contributed by atoms with van der Waals surface area (Å²) >= 11 is 0. The van der Waals surface area contributed by atoms with E-state index in [0.717, 1.165) is 24.8 Å². The van der Waals surface area contributed by atoms with Crippen LogP contribution in [0.3, 0.4) is 0 Å². The minimum absolute atomic E-state index is 0.311. The summed E-state index contributed by atoms with van der Waals surface area (Å²) in [6, 6.07) is 0. The van der Waals surface area contributed by atoms with Crippen LogP contribution in [-0.2, 0) is 4.79 Å². The van der Waals surface area contributed by atoms with Crippen molar-refractivity contribution in [3.05, 3.63) is 0 Å². The van der Waals surface area contributed by atoms with Crippen molar-refractivity contribution in [1.29, 1.82) is 0 Å². The van der Waals surface area contributed by atoms with Crippen LogP contribution in [0.4, 0.5) is 0 Å². The highest BCUT2D eigenvalue weighted by atomic mass is 16.1. The van der Waals surface area contributed by atoms with Crippen molar-refractivity contribution in [3.8, 4) is 0 Å². The molecule has 1 aliphatic rings. The second kappa shape index (κ2) is 4.75. The van der Waals surface area contributed by atoms with E-state index in [1.54, 1.807) is 6.92 Å². The first kappa shape index (κ1) is 10.7. The molecule has 76 valence electrons. The highest BCUT2D eigenvalue weighted by Crippen LogP contribution is 2.22. The molecule has 2 atom stereocenters. The monoisotopic (exact) mass is 183 g/mol. The third-order valence-electron chi connectivity index (χ3n) is 3.20. The van der Waals surface area contributed by atoms with Crippen molar-refractivity contribution in [2.45, 2.75) is 33.6 Å². The van der Waals surface area contributed by atoms with Gasteiger partial charge in [0.2, 0.25) is 0 Å². The minimum Gasteiger partial charge on any atom is -0.303 e. The van der Waals surface area contributed by atoms with E-state index in [1.807, 2.05) is 0 Å². The lowest BCUT2D eigenvalue weighted by atomic mass is 9.88. The number of hydrogen-bond donors (Lipinski definition) is 0. The first-order chi connectivity index (χ1) is 6.09. The quantitative estimate of drug-likeness (QED) is 0.666. The molecule has 1 fully saturated rings. The average molecular weight is 183 g/mol. The molecule has 0 aliphatic carbocycles. The molecule has 0 saturated carbocycles. The molecule has 0 aromatic heterocycles. The molecular formula is C11H21NO. The lowest BCUT2D eigenvalue weighted by Gasteiger charge is -2.35. The molecule has 13 heavy (non-hydrogen) atoms. The van der Waals surface area contributed by atoms with Crippen LogP contribution in [0.15, 0.2) is 0 Å². The van der Waals surface area contributed by atoms with E-state index in [-0.39, 0.29) is 0 Å². The van der Waals surface area contributed by atoms with Crippen LogP contribution in [0.1, 0.15) is 33.6 Å². The maximum Gasteiger partial charge on any atom is 0.131 e. The van der Waals surface area contributed by atoms with Crippen molar-refractivity contribution in [2.75, 3.05) is 19.6 Å². The number of nitrogens with zero attached hydrogens (tertiary/aromatic N) is 1. The van der Waals surface area contributed by atoms with Gasteiger partial charge in [-0.1, -0.05) is 13.8 Å². The first-order valence-electron chi connectivity index (χ1n) is 5.31. The summed E-state index contributed by atoms with van der Waals surface area (Å²) in [6.45, 7) is 9.63. The van der Waals surface area contributed by atoms with Crippen LogP contribution in [0.25, 0.3) is 0 Å². The molecule has 0 amide bonds. The van der Waals surface area contributed by atoms with Gasteiger partial charge in [0.25, 0.3) is 0 Å². The zero-order chi connectivity index (χ0) is 9.84. The van der Waals surface area contributed by atoms with Gasteiger partial charge in [-0.05, 0) is 31.7 Å². The molecule has 2 unspecified atom stereocenters. The molecule has 1 heterocycles. The number of hydrogen-bond acceptors (Lipinski definition) is 2. The third-order valence-corrected chi connectivity index (χ3v) is 3.20. The zero-order valence-corrected chi connectivity index (χ0v) is 9.05. The molecule has 0 radical (unpaired) electrons. The van der Waals surface area contributed by atoms with Gasteiger partial charge in [-0.2, -0.15) is 0 Å². The van der Waals surface area contributed by atoms with E-state index in [2.05, 4.69) is 18.7 Å². The summed E-state index contributed by atoms with van der Waals surface area (Å²) in [6.07, 6.45) is 2.01. The van der Waals surface area contributed by atoms with Crippen molar-refractivity contribution in [2.24, 2.45) is 11.8 Å². The van der Waals surface area contributed by atoms with Gasteiger partial charge in [0.05, 0.1) is 0 Å². The Morgan fingerprint density at radius 1 is 1.38 bits per heavy atom. The van der Waals surface area contributed by atoms with E-state index < -0.39 is 0 Å². The molecule has 1 aliphatic heterocycles. The van der Waals surface area contributed by atoms with Gasteiger partial charge in [0, 0.05) is 19.5 Å². The Bertz CT molecular complexity index is 179. The van der Waals surface area contributed by atoms with Crippen molar-refractivity contribution < 1.29 is 4.79 Å². The number of rotatable bonds is 3. The van der Waals surface area contributed by atoms with E-state index >= 15 is 0 Å². The molecule has 1 saturated heterocycles. The second-order valence-corrected chi connectivity index (χ2v) is 4.50. The van der Waals surface area contributed by atoms with Crippen molar-refractivity contribution >= 4 is 5.78 Å². The normalized spacial score (nSPS) is 30.4. The van der Waals surface area contributed by atoms with E-state index in [4.69, 9.17) is 0 Å². The Morgan fingerprint density at radius 2 is 2.08 bits per heavy atom. The summed E-state index contributed by atoms with van der Waals surface area (Å²) in [5.74, 6) is 1.96. The van der Waals surface area contributed by atoms with Gasteiger partial charge in [-0.3, -0.25) is 4.79 Å². The molecule has 0 N–H and O–H groups in total. The molecule has 0 aromatic carbocycles. The summed E-state index contributed by atoms with van der Waals surface area (Å²) < 4.78 is 0. The smallest absolute Gasteiger partial charge is 0.131 e. The molecule has 0 aromatic rings. The fraction of sp³-hybridized carbons (Fsp3) is 0.909. The molecule has 0 spiro atoms. The third kappa shape index (κ3) is 3.47. The number of likely N-dealkylation sites (tertiary alicyclic amines) is 1. The summed E-state index contributed by atoms with van der Waals surface area (Å²) in [5.41, 5.74) is 0. The van der Waals surface area contributed by atoms with Crippen molar-refractivity contribution in [3.63, 3.8) is 0 Å². The Kier molecular flexibility index (Phi) is 3.91. The average Bonchev–Trinajstić information content (AvgIpc) is 2.07. The molecule has 0 bridgehead atoms. The van der Waals surface area contributed by atoms with Crippen LogP contribution in [-0.4, -0.2) is 30.3 Å². The van der Waals surface area contributed by atoms with Crippen LogP contribution in [0, 0.1) is 11.8 Å². The van der Waals surface area contributed by atoms with Gasteiger partial charge < -0.3 is 4.90 Å². The van der Waals surface area contributed by atoms with Crippen LogP contribution in [0.5, 0.6) is 0 Å². The summed E-state index contributed by atoms with van der Waals surface area (Å²) in [5, 5.41) is 0. The van der Waals surface area contributed by atoms with Gasteiger partial charge in [-0.25, -0.2) is 0 Å². The lowest BCUT2D eigenvalue weighted by molar-refractivity contribution is -0.117. The highest BCUT2D eigenvalue weighted by molar-refractivity contribution is 5.75. The van der Waals surface area contributed by atoms with Crippen molar-refractivity contribution in [1.82, 2.24) is 4.90 Å². The number of carbonyl (C=O) groups excluding carboxylic acids is 1. The maximum absolute atomic E-state index is 10.8. The van der Waals surface area contributed by atoms with E-state index in [0.29, 0.717) is 5.78 Å². The number of piperidine rings is 1. The van der Waals surface area contributed by atoms with Crippen LogP contribution >= 0.6 is 0 Å². The Morgan fingerprint density at radius 3 is 2.62 bits per heavy atom. The number of ketones is 1. The number of carbonyl (C=O) groups is 1. The zero-order valence-electron chi connectivity index (χ0n) is 9.05. The van der Waals surface area contributed by atoms with E-state index in [1.165, 1.54) is 19.5 Å². The lowest BCUT2D eigenvalue weighted by Crippen LogP contribution is -2.39. The predicted octanol–water partition coefficient (Wildman–Crippen LogP) is 1.94. The second-order valence-electron chi connectivity index (χ2n) is 4.50. The standard InChI is InChI=1S/C11H21NO/c1-9-4-6-12(8-10(9)2)7-5-11(3)13/h9-10H,4-8H2,1-3H3. The predicted molar refractivity (Wildman–Crippen MR) is 54.7 cm³/mol. The summed E-state index contributed by atoms with van der Waals surface area (Å²) in [4.78, 5) is 13.2. The maximum atomic E-state index is 10.8. The van der Waals surface area contributed by atoms with Gasteiger partial charge in [0.1, 0.15) is 5.78 Å². The van der Waals surface area contributed by atoms with Gasteiger partial charge in [0.15, 0.2) is 0 Å². The first-order valence-corrected chi connectivity index (χ1v) is 5.31. The topological polar surface area (TPSA) is 20.3 Å². The largest absolute Gasteiger partial charge is 0.303 e. The Balaban J connectivity index is 2.25. The fourth-order valence-electron chi connectivity index (χ4n) is 1.87. The van der Waals surface area contributed by atoms with Crippen LogP contribution < -0.4 is 0 Å². The molecule has 1 rings (SSSR count). The fourth-order valence-corrected chi connectivity index (χ4v) is 1.87. The summed E-state index contributed by atoms with van der Waals surface area (Å²) in [7, 11) is 0. The number of Topliss-reactive ketones (excluding diaryl/α,β-unsaturated/α-hetero) is 1.